The van der Waals surface area contributed by atoms with E-state index in [4.69, 9.17) is 11.6 Å². The van der Waals surface area contributed by atoms with E-state index in [1.54, 1.807) is 12.1 Å². The van der Waals surface area contributed by atoms with E-state index < -0.39 is 0 Å². The number of nitrogens with one attached hydrogen (secondary N) is 2. The third-order valence-corrected chi connectivity index (χ3v) is 6.53. The lowest BCUT2D eigenvalue weighted by Crippen LogP contribution is -2.43. The summed E-state index contributed by atoms with van der Waals surface area (Å²) in [5, 5.41) is 4.78. The number of H-pyrrole nitrogens is 1. The molecule has 1 aliphatic heterocycles. The van der Waals surface area contributed by atoms with Crippen LogP contribution in [-0.2, 0) is 6.42 Å². The number of halogens is 2. The summed E-state index contributed by atoms with van der Waals surface area (Å²) in [7, 11) is 0. The number of amides is 2. The second kappa shape index (κ2) is 7.99. The zero-order chi connectivity index (χ0) is 22.4. The Morgan fingerprint density at radius 3 is 2.59 bits per heavy atom. The monoisotopic (exact) mass is 447 g/mol. The number of hydrogen-bond donors (Lipinski definition) is 2. The van der Waals surface area contributed by atoms with Gasteiger partial charge >= 0.3 is 6.03 Å². The summed E-state index contributed by atoms with van der Waals surface area (Å²) in [5.74, 6) is -0.306. The van der Waals surface area contributed by atoms with Crippen molar-refractivity contribution in [3.63, 3.8) is 0 Å². The van der Waals surface area contributed by atoms with Crippen LogP contribution in [0.3, 0.4) is 0 Å². The highest BCUT2D eigenvalue weighted by Crippen LogP contribution is 2.39. The highest BCUT2D eigenvalue weighted by atomic mass is 35.5. The Kier molecular flexibility index (Phi) is 5.14. The van der Waals surface area contributed by atoms with Crippen LogP contribution in [-0.4, -0.2) is 22.5 Å². The predicted molar refractivity (Wildman–Crippen MR) is 127 cm³/mol. The topological polar surface area (TPSA) is 48.1 Å². The molecule has 4 aromatic rings. The molecule has 3 aromatic carbocycles. The molecule has 6 heteroatoms. The van der Waals surface area contributed by atoms with Gasteiger partial charge in [0.05, 0.1) is 6.04 Å². The van der Waals surface area contributed by atoms with Gasteiger partial charge in [-0.05, 0) is 85.0 Å². The van der Waals surface area contributed by atoms with Gasteiger partial charge in [-0.3, -0.25) is 0 Å². The molecule has 1 aliphatic rings. The summed E-state index contributed by atoms with van der Waals surface area (Å²) in [6.45, 7) is 4.60. The SMILES string of the molecule is Cc1ccc(NC(=O)N2CCc3c([nH]c4ccc(Cl)cc34)[C@H]2c2ccc(F)cc2)cc1C. The number of aromatic amines is 1. The van der Waals surface area contributed by atoms with Crippen molar-refractivity contribution in [1.29, 1.82) is 0 Å². The molecule has 0 spiro atoms. The minimum Gasteiger partial charge on any atom is -0.356 e. The lowest BCUT2D eigenvalue weighted by molar-refractivity contribution is 0.193. The first-order valence-electron chi connectivity index (χ1n) is 10.6. The van der Waals surface area contributed by atoms with Gasteiger partial charge in [-0.2, -0.15) is 0 Å². The molecule has 0 bridgehead atoms. The van der Waals surface area contributed by atoms with Gasteiger partial charge in [0, 0.05) is 33.9 Å². The van der Waals surface area contributed by atoms with Crippen molar-refractivity contribution in [2.45, 2.75) is 26.3 Å². The Balaban J connectivity index is 1.57. The number of aromatic nitrogens is 1. The molecular formula is C26H23ClFN3O. The fourth-order valence-corrected chi connectivity index (χ4v) is 4.66. The molecular weight excluding hydrogens is 425 g/mol. The van der Waals surface area contributed by atoms with E-state index in [1.165, 1.54) is 17.7 Å². The van der Waals surface area contributed by atoms with Crippen LogP contribution in [0.2, 0.25) is 5.02 Å². The van der Waals surface area contributed by atoms with Gasteiger partial charge in [0.25, 0.3) is 0 Å². The third-order valence-electron chi connectivity index (χ3n) is 6.29. The Labute approximate surface area is 191 Å². The number of fused-ring (bicyclic) bond motifs is 3. The molecule has 0 aliphatic carbocycles. The first-order valence-corrected chi connectivity index (χ1v) is 11.0. The summed E-state index contributed by atoms with van der Waals surface area (Å²) >= 11 is 6.25. The number of hydrogen-bond acceptors (Lipinski definition) is 1. The van der Waals surface area contributed by atoms with Crippen LogP contribution in [0.5, 0.6) is 0 Å². The van der Waals surface area contributed by atoms with Crippen molar-refractivity contribution in [1.82, 2.24) is 9.88 Å². The predicted octanol–water partition coefficient (Wildman–Crippen LogP) is 6.76. The Morgan fingerprint density at radius 1 is 1.06 bits per heavy atom. The van der Waals surface area contributed by atoms with Gasteiger partial charge < -0.3 is 15.2 Å². The maximum atomic E-state index is 13.7. The second-order valence-corrected chi connectivity index (χ2v) is 8.77. The van der Waals surface area contributed by atoms with Crippen LogP contribution in [0, 0.1) is 19.7 Å². The van der Waals surface area contributed by atoms with E-state index in [0.29, 0.717) is 18.0 Å². The van der Waals surface area contributed by atoms with Gasteiger partial charge in [0.1, 0.15) is 5.82 Å². The molecule has 162 valence electrons. The smallest absolute Gasteiger partial charge is 0.322 e. The zero-order valence-electron chi connectivity index (χ0n) is 17.9. The molecule has 0 fully saturated rings. The van der Waals surface area contributed by atoms with Crippen molar-refractivity contribution in [3.8, 4) is 0 Å². The summed E-state index contributed by atoms with van der Waals surface area (Å²) in [6, 6.07) is 17.4. The highest BCUT2D eigenvalue weighted by molar-refractivity contribution is 6.31. The number of carbonyl (C=O) groups excluding carboxylic acids is 1. The molecule has 0 unspecified atom stereocenters. The summed E-state index contributed by atoms with van der Waals surface area (Å²) in [5.41, 5.74) is 6.95. The quantitative estimate of drug-likeness (QED) is 0.350. The lowest BCUT2D eigenvalue weighted by Gasteiger charge is -2.36. The van der Waals surface area contributed by atoms with Crippen LogP contribution >= 0.6 is 11.6 Å². The normalized spacial score (nSPS) is 15.6. The molecule has 5 rings (SSSR count). The molecule has 0 saturated carbocycles. The van der Waals surface area contributed by atoms with Crippen LogP contribution < -0.4 is 5.32 Å². The second-order valence-electron chi connectivity index (χ2n) is 8.33. The van der Waals surface area contributed by atoms with E-state index in [9.17, 15) is 9.18 Å². The van der Waals surface area contributed by atoms with Gasteiger partial charge in [0.2, 0.25) is 0 Å². The van der Waals surface area contributed by atoms with Gasteiger partial charge in [0.15, 0.2) is 0 Å². The number of urea groups is 1. The van der Waals surface area contributed by atoms with Gasteiger partial charge in [-0.25, -0.2) is 9.18 Å². The van der Waals surface area contributed by atoms with Crippen LogP contribution in [0.15, 0.2) is 60.7 Å². The fraction of sp³-hybridized carbons (Fsp3) is 0.192. The van der Waals surface area contributed by atoms with Crippen LogP contribution in [0.1, 0.15) is 34.0 Å². The maximum absolute atomic E-state index is 13.7. The number of carbonyl (C=O) groups is 1. The molecule has 2 heterocycles. The van der Waals surface area contributed by atoms with E-state index in [-0.39, 0.29) is 17.9 Å². The first-order chi connectivity index (χ1) is 15.4. The van der Waals surface area contributed by atoms with Crippen molar-refractivity contribution in [2.75, 3.05) is 11.9 Å². The average molecular weight is 448 g/mol. The molecule has 1 atom stereocenters. The largest absolute Gasteiger partial charge is 0.356 e. The standard InChI is InChI=1S/C26H23ClFN3O/c1-15-3-9-20(13-16(15)2)29-26(32)31-12-11-21-22-14-18(27)6-10-23(22)30-24(21)25(31)17-4-7-19(28)8-5-17/h3-10,13-14,25,30H,11-12H2,1-2H3,(H,29,32)/t25-/m1/s1. The molecule has 2 N–H and O–H groups in total. The number of nitrogens with zero attached hydrogens (tertiary/aromatic N) is 1. The molecule has 0 radical (unpaired) electrons. The molecule has 0 saturated heterocycles. The van der Waals surface area contributed by atoms with Crippen molar-refractivity contribution in [2.24, 2.45) is 0 Å². The van der Waals surface area contributed by atoms with Crippen molar-refractivity contribution in [3.05, 3.63) is 99.5 Å². The van der Waals surface area contributed by atoms with E-state index >= 15 is 0 Å². The highest BCUT2D eigenvalue weighted by Gasteiger charge is 2.34. The molecule has 32 heavy (non-hydrogen) atoms. The average Bonchev–Trinajstić information content (AvgIpc) is 3.14. The van der Waals surface area contributed by atoms with Crippen molar-refractivity contribution >= 4 is 34.2 Å². The first kappa shape index (κ1) is 20.6. The number of aryl methyl sites for hydroxylation is 2. The summed E-state index contributed by atoms with van der Waals surface area (Å²) < 4.78 is 13.7. The Bertz CT molecular complexity index is 1330. The maximum Gasteiger partial charge on any atom is 0.322 e. The van der Waals surface area contributed by atoms with Gasteiger partial charge in [-0.1, -0.05) is 29.8 Å². The summed E-state index contributed by atoms with van der Waals surface area (Å²) in [6.07, 6.45) is 0.702. The number of benzene rings is 3. The third kappa shape index (κ3) is 3.63. The Morgan fingerprint density at radius 2 is 1.84 bits per heavy atom. The molecule has 1 aromatic heterocycles. The fourth-order valence-electron chi connectivity index (χ4n) is 4.49. The number of anilines is 1. The lowest BCUT2D eigenvalue weighted by atomic mass is 9.92. The molecule has 2 amide bonds. The van der Waals surface area contributed by atoms with Gasteiger partial charge in [-0.15, -0.1) is 0 Å². The van der Waals surface area contributed by atoms with Crippen molar-refractivity contribution < 1.29 is 9.18 Å². The Hall–Kier alpha value is -3.31. The summed E-state index contributed by atoms with van der Waals surface area (Å²) in [4.78, 5) is 18.7. The zero-order valence-corrected chi connectivity index (χ0v) is 18.6. The molecule has 4 nitrogen and oxygen atoms in total. The minimum atomic E-state index is -0.364. The number of rotatable bonds is 2. The van der Waals surface area contributed by atoms with E-state index in [1.807, 2.05) is 55.1 Å². The van der Waals surface area contributed by atoms with E-state index in [2.05, 4.69) is 10.3 Å². The van der Waals surface area contributed by atoms with Crippen LogP contribution in [0.25, 0.3) is 10.9 Å². The minimum absolute atomic E-state index is 0.190. The van der Waals surface area contributed by atoms with Crippen LogP contribution in [0.4, 0.5) is 14.9 Å². The van der Waals surface area contributed by atoms with E-state index in [0.717, 1.165) is 39.0 Å².